The zero-order chi connectivity index (χ0) is 14.9. The summed E-state index contributed by atoms with van der Waals surface area (Å²) in [6.45, 7) is 0.630. The maximum atomic E-state index is 12.3. The van der Waals surface area contributed by atoms with Crippen LogP contribution in [0.15, 0.2) is 0 Å². The van der Waals surface area contributed by atoms with Gasteiger partial charge in [0.15, 0.2) is 5.13 Å². The van der Waals surface area contributed by atoms with Crippen LogP contribution >= 0.6 is 11.3 Å². The molecule has 1 heterocycles. The molecule has 0 spiro atoms. The fourth-order valence-corrected chi connectivity index (χ4v) is 3.70. The molecule has 2 aliphatic rings. The van der Waals surface area contributed by atoms with E-state index >= 15 is 0 Å². The highest BCUT2D eigenvalue weighted by Gasteiger charge is 2.34. The number of hydrogen-bond donors (Lipinski definition) is 4. The highest BCUT2D eigenvalue weighted by molar-refractivity contribution is 7.18. The van der Waals surface area contributed by atoms with Crippen molar-refractivity contribution in [2.75, 3.05) is 24.2 Å². The Bertz CT molecular complexity index is 521. The van der Waals surface area contributed by atoms with Gasteiger partial charge in [-0.25, -0.2) is 4.98 Å². The van der Waals surface area contributed by atoms with E-state index in [1.165, 1.54) is 11.3 Å². The Morgan fingerprint density at radius 2 is 2.14 bits per heavy atom. The summed E-state index contributed by atoms with van der Waals surface area (Å²) in [6, 6.07) is 0.489. The second-order valence-electron chi connectivity index (χ2n) is 6.20. The predicted octanol–water partition coefficient (Wildman–Crippen LogP) is 1.58. The smallest absolute Gasteiger partial charge is 0.265 e. The van der Waals surface area contributed by atoms with Gasteiger partial charge in [-0.15, -0.1) is 0 Å². The van der Waals surface area contributed by atoms with E-state index in [9.17, 15) is 9.90 Å². The number of carbonyl (C=O) groups excluding carboxylic acids is 1. The van der Waals surface area contributed by atoms with Crippen molar-refractivity contribution >= 4 is 28.2 Å². The first-order valence-electron chi connectivity index (χ1n) is 7.54. The Labute approximate surface area is 128 Å². The molecular weight excluding hydrogens is 288 g/mol. The molecule has 21 heavy (non-hydrogen) atoms. The first-order chi connectivity index (χ1) is 10.1. The van der Waals surface area contributed by atoms with Crippen LogP contribution in [0.3, 0.4) is 0 Å². The second-order valence-corrected chi connectivity index (χ2v) is 7.20. The number of rotatable bonds is 6. The summed E-state index contributed by atoms with van der Waals surface area (Å²) in [5, 5.41) is 16.5. The lowest BCUT2D eigenvalue weighted by Crippen LogP contribution is -2.38. The normalized spacial score (nSPS) is 20.4. The van der Waals surface area contributed by atoms with E-state index in [4.69, 9.17) is 5.73 Å². The van der Waals surface area contributed by atoms with Gasteiger partial charge in [0.05, 0.1) is 6.61 Å². The molecule has 1 aromatic heterocycles. The predicted molar refractivity (Wildman–Crippen MR) is 83.5 cm³/mol. The third kappa shape index (κ3) is 3.29. The number of hydrogen-bond acceptors (Lipinski definition) is 6. The van der Waals surface area contributed by atoms with Gasteiger partial charge in [-0.1, -0.05) is 24.2 Å². The van der Waals surface area contributed by atoms with Gasteiger partial charge in [0.25, 0.3) is 5.91 Å². The van der Waals surface area contributed by atoms with Crippen molar-refractivity contribution in [3.05, 3.63) is 4.88 Å². The highest BCUT2D eigenvalue weighted by atomic mass is 32.1. The Balaban J connectivity index is 1.60. The summed E-state index contributed by atoms with van der Waals surface area (Å²) in [5.74, 6) is 0.0960. The van der Waals surface area contributed by atoms with Crippen molar-refractivity contribution in [1.29, 1.82) is 0 Å². The van der Waals surface area contributed by atoms with Gasteiger partial charge in [-0.2, -0.15) is 0 Å². The number of carbonyl (C=O) groups is 1. The van der Waals surface area contributed by atoms with Crippen molar-refractivity contribution < 1.29 is 9.90 Å². The van der Waals surface area contributed by atoms with Crippen LogP contribution in [-0.2, 0) is 0 Å². The fourth-order valence-electron chi connectivity index (χ4n) is 2.82. The summed E-state index contributed by atoms with van der Waals surface area (Å²) in [7, 11) is 0. The summed E-state index contributed by atoms with van der Waals surface area (Å²) in [6.07, 6.45) is 6.48. The molecule has 0 bridgehead atoms. The minimum absolute atomic E-state index is 0.125. The molecular formula is C14H22N4O2S. The largest absolute Gasteiger partial charge is 0.396 e. The molecule has 0 aromatic carbocycles. The van der Waals surface area contributed by atoms with Gasteiger partial charge in [-0.05, 0) is 25.7 Å². The molecule has 0 unspecified atom stereocenters. The van der Waals surface area contributed by atoms with Crippen LogP contribution in [0.4, 0.5) is 10.9 Å². The topological polar surface area (TPSA) is 100 Å². The molecule has 1 aromatic rings. The summed E-state index contributed by atoms with van der Waals surface area (Å²) in [4.78, 5) is 16.9. The number of nitrogen functional groups attached to an aromatic ring is 1. The van der Waals surface area contributed by atoms with Crippen LogP contribution in [0.1, 0.15) is 48.2 Å². The van der Waals surface area contributed by atoms with Crippen molar-refractivity contribution in [3.8, 4) is 0 Å². The fraction of sp³-hybridized carbons (Fsp3) is 0.714. The van der Waals surface area contributed by atoms with Crippen LogP contribution < -0.4 is 16.4 Å². The number of anilines is 2. The standard InChI is InChI=1S/C14H22N4O2S/c15-11-10(21-13(18-11)17-9-3-4-9)12(20)16-7-14(8-19)5-1-2-6-14/h9,19H,1-8,15H2,(H,16,20)(H,17,18). The third-order valence-electron chi connectivity index (χ3n) is 4.39. The number of amides is 1. The van der Waals surface area contributed by atoms with Crippen LogP contribution in [0.25, 0.3) is 0 Å². The molecule has 116 valence electrons. The van der Waals surface area contributed by atoms with Gasteiger partial charge in [0, 0.05) is 18.0 Å². The molecule has 2 fully saturated rings. The number of nitrogens with two attached hydrogens (primary N) is 1. The first-order valence-corrected chi connectivity index (χ1v) is 8.35. The minimum atomic E-state index is -0.187. The van der Waals surface area contributed by atoms with Crippen molar-refractivity contribution in [2.45, 2.75) is 44.6 Å². The van der Waals surface area contributed by atoms with E-state index in [1.807, 2.05) is 0 Å². The van der Waals surface area contributed by atoms with Crippen molar-refractivity contribution in [2.24, 2.45) is 5.41 Å². The number of aromatic nitrogens is 1. The zero-order valence-corrected chi connectivity index (χ0v) is 12.8. The maximum Gasteiger partial charge on any atom is 0.265 e. The lowest BCUT2D eigenvalue weighted by Gasteiger charge is -2.26. The molecule has 5 N–H and O–H groups in total. The molecule has 3 rings (SSSR count). The van der Waals surface area contributed by atoms with E-state index < -0.39 is 0 Å². The molecule has 0 atom stereocenters. The van der Waals surface area contributed by atoms with Crippen LogP contribution in [0.2, 0.25) is 0 Å². The average Bonchev–Trinajstić information content (AvgIpc) is 3.02. The number of nitrogens with one attached hydrogen (secondary N) is 2. The lowest BCUT2D eigenvalue weighted by molar-refractivity contribution is 0.0885. The first kappa shape index (κ1) is 14.6. The van der Waals surface area contributed by atoms with Gasteiger partial charge in [0.1, 0.15) is 10.7 Å². The number of aliphatic hydroxyl groups excluding tert-OH is 1. The van der Waals surface area contributed by atoms with E-state index in [0.717, 1.165) is 43.7 Å². The Hall–Kier alpha value is -1.34. The lowest BCUT2D eigenvalue weighted by atomic mass is 9.87. The zero-order valence-electron chi connectivity index (χ0n) is 12.0. The van der Waals surface area contributed by atoms with Crippen LogP contribution in [-0.4, -0.2) is 35.2 Å². The molecule has 2 saturated carbocycles. The minimum Gasteiger partial charge on any atom is -0.396 e. The van der Waals surface area contributed by atoms with Crippen molar-refractivity contribution in [3.63, 3.8) is 0 Å². The molecule has 0 aliphatic heterocycles. The summed E-state index contributed by atoms with van der Waals surface area (Å²) >= 11 is 1.30. The monoisotopic (exact) mass is 310 g/mol. The van der Waals surface area contributed by atoms with Gasteiger partial charge < -0.3 is 21.5 Å². The van der Waals surface area contributed by atoms with Crippen molar-refractivity contribution in [1.82, 2.24) is 10.3 Å². The van der Waals surface area contributed by atoms with E-state index in [-0.39, 0.29) is 23.7 Å². The number of aliphatic hydroxyl groups is 1. The molecule has 0 radical (unpaired) electrons. The summed E-state index contributed by atoms with van der Waals surface area (Å²) < 4.78 is 0. The third-order valence-corrected chi connectivity index (χ3v) is 5.39. The van der Waals surface area contributed by atoms with E-state index in [2.05, 4.69) is 15.6 Å². The number of thiazole rings is 1. The number of nitrogens with zero attached hydrogens (tertiary/aromatic N) is 1. The Morgan fingerprint density at radius 1 is 1.43 bits per heavy atom. The van der Waals surface area contributed by atoms with Crippen LogP contribution in [0, 0.1) is 5.41 Å². The van der Waals surface area contributed by atoms with E-state index in [1.54, 1.807) is 0 Å². The second kappa shape index (κ2) is 5.81. The quantitative estimate of drug-likeness (QED) is 0.639. The van der Waals surface area contributed by atoms with Gasteiger partial charge >= 0.3 is 0 Å². The van der Waals surface area contributed by atoms with E-state index in [0.29, 0.717) is 17.5 Å². The SMILES string of the molecule is Nc1nc(NC2CC2)sc1C(=O)NCC1(CO)CCCC1. The molecule has 7 heteroatoms. The molecule has 2 aliphatic carbocycles. The Morgan fingerprint density at radius 3 is 2.76 bits per heavy atom. The van der Waals surface area contributed by atoms with Gasteiger partial charge in [-0.3, -0.25) is 4.79 Å². The molecule has 1 amide bonds. The highest BCUT2D eigenvalue weighted by Crippen LogP contribution is 2.37. The maximum absolute atomic E-state index is 12.3. The molecule has 0 saturated heterocycles. The molecule has 6 nitrogen and oxygen atoms in total. The van der Waals surface area contributed by atoms with Crippen LogP contribution in [0.5, 0.6) is 0 Å². The Kier molecular flexibility index (Phi) is 4.03. The summed E-state index contributed by atoms with van der Waals surface area (Å²) in [5.41, 5.74) is 5.69. The van der Waals surface area contributed by atoms with Gasteiger partial charge in [0.2, 0.25) is 0 Å². The average molecular weight is 310 g/mol.